The van der Waals surface area contributed by atoms with Crippen molar-refractivity contribution in [2.45, 2.75) is 6.92 Å². The Bertz CT molecular complexity index is 1070. The fourth-order valence-electron chi connectivity index (χ4n) is 2.36. The number of aromatic nitrogens is 2. The lowest BCUT2D eigenvalue weighted by atomic mass is 10.1. The average Bonchev–Trinajstić information content (AvgIpc) is 2.71. The van der Waals surface area contributed by atoms with Crippen molar-refractivity contribution in [3.8, 4) is 11.8 Å². The third kappa shape index (κ3) is 4.72. The van der Waals surface area contributed by atoms with Gasteiger partial charge in [0.1, 0.15) is 11.4 Å². The van der Waals surface area contributed by atoms with Gasteiger partial charge in [-0.25, -0.2) is 4.98 Å². The van der Waals surface area contributed by atoms with Gasteiger partial charge in [-0.15, -0.1) is 0 Å². The quantitative estimate of drug-likeness (QED) is 0.520. The minimum absolute atomic E-state index is 0.120. The van der Waals surface area contributed by atoms with E-state index in [1.54, 1.807) is 55.7 Å². The van der Waals surface area contributed by atoms with Crippen LogP contribution in [0.25, 0.3) is 0 Å². The van der Waals surface area contributed by atoms with Crippen LogP contribution in [0.2, 0.25) is 5.02 Å². The molecule has 3 aromatic rings. The topological polar surface area (TPSA) is 84.0 Å². The van der Waals surface area contributed by atoms with Gasteiger partial charge in [-0.3, -0.25) is 25.4 Å². The molecule has 0 atom stereocenters. The van der Waals surface area contributed by atoms with Crippen molar-refractivity contribution in [3.63, 3.8) is 0 Å². The van der Waals surface area contributed by atoms with Crippen molar-refractivity contribution in [1.82, 2.24) is 20.8 Å². The van der Waals surface area contributed by atoms with E-state index >= 15 is 0 Å². The largest absolute Gasteiger partial charge is 0.288 e. The minimum Gasteiger partial charge on any atom is -0.267 e. The number of amides is 2. The number of nitrogens with zero attached hydrogens (tertiary/aromatic N) is 2. The molecule has 2 heterocycles. The Morgan fingerprint density at radius 2 is 1.75 bits per heavy atom. The SMILES string of the molecule is Cc1cccc(Cl)c1C(=O)NNC(=O)c1cccc(C#Cc2cccnc2)n1. The van der Waals surface area contributed by atoms with Crippen LogP contribution in [0.5, 0.6) is 0 Å². The van der Waals surface area contributed by atoms with Crippen LogP contribution in [0.1, 0.15) is 37.7 Å². The van der Waals surface area contributed by atoms with E-state index in [2.05, 4.69) is 32.7 Å². The Labute approximate surface area is 167 Å². The molecule has 0 aliphatic rings. The van der Waals surface area contributed by atoms with Crippen LogP contribution in [-0.2, 0) is 0 Å². The van der Waals surface area contributed by atoms with Crippen molar-refractivity contribution < 1.29 is 9.59 Å². The number of hydrogen-bond donors (Lipinski definition) is 2. The third-order valence-corrected chi connectivity index (χ3v) is 4.03. The smallest absolute Gasteiger partial charge is 0.267 e. The van der Waals surface area contributed by atoms with Crippen LogP contribution in [0.15, 0.2) is 60.9 Å². The van der Waals surface area contributed by atoms with Gasteiger partial charge in [-0.1, -0.05) is 35.7 Å². The molecule has 2 aromatic heterocycles. The zero-order chi connectivity index (χ0) is 19.9. The average molecular weight is 391 g/mol. The highest BCUT2D eigenvalue weighted by molar-refractivity contribution is 6.34. The summed E-state index contributed by atoms with van der Waals surface area (Å²) in [5, 5.41) is 0.303. The van der Waals surface area contributed by atoms with Crippen molar-refractivity contribution in [1.29, 1.82) is 0 Å². The summed E-state index contributed by atoms with van der Waals surface area (Å²) in [5.41, 5.74) is 6.96. The number of halogens is 1. The normalized spacial score (nSPS) is 9.79. The predicted molar refractivity (Wildman–Crippen MR) is 106 cm³/mol. The number of carbonyl (C=O) groups excluding carboxylic acids is 2. The Balaban J connectivity index is 1.68. The molecule has 2 N–H and O–H groups in total. The highest BCUT2D eigenvalue weighted by Gasteiger charge is 2.15. The number of benzene rings is 1. The maximum atomic E-state index is 12.3. The molecular weight excluding hydrogens is 376 g/mol. The number of rotatable bonds is 2. The van der Waals surface area contributed by atoms with Crippen molar-refractivity contribution in [2.24, 2.45) is 0 Å². The highest BCUT2D eigenvalue weighted by Crippen LogP contribution is 2.18. The van der Waals surface area contributed by atoms with Gasteiger partial charge in [0, 0.05) is 18.0 Å². The summed E-state index contributed by atoms with van der Waals surface area (Å²) in [5.74, 6) is 4.72. The molecule has 6 nitrogen and oxygen atoms in total. The number of aryl methyl sites for hydroxylation is 1. The number of carbonyl (C=O) groups is 2. The lowest BCUT2D eigenvalue weighted by Crippen LogP contribution is -2.42. The number of hydrazine groups is 1. The molecule has 28 heavy (non-hydrogen) atoms. The molecule has 7 heteroatoms. The maximum Gasteiger partial charge on any atom is 0.288 e. The van der Waals surface area contributed by atoms with Crippen LogP contribution in [-0.4, -0.2) is 21.8 Å². The second-order valence-corrected chi connectivity index (χ2v) is 6.15. The van der Waals surface area contributed by atoms with Crippen LogP contribution >= 0.6 is 11.6 Å². The van der Waals surface area contributed by atoms with Gasteiger partial charge >= 0.3 is 0 Å². The van der Waals surface area contributed by atoms with Crippen LogP contribution in [0, 0.1) is 18.8 Å². The molecule has 0 aliphatic carbocycles. The summed E-state index contributed by atoms with van der Waals surface area (Å²) in [6.45, 7) is 1.76. The molecule has 2 amide bonds. The summed E-state index contributed by atoms with van der Waals surface area (Å²) < 4.78 is 0. The Hall–Kier alpha value is -3.69. The number of hydrogen-bond acceptors (Lipinski definition) is 4. The Morgan fingerprint density at radius 1 is 0.964 bits per heavy atom. The Morgan fingerprint density at radius 3 is 2.50 bits per heavy atom. The predicted octanol–water partition coefficient (Wildman–Crippen LogP) is 2.91. The number of nitrogens with one attached hydrogen (secondary N) is 2. The summed E-state index contributed by atoms with van der Waals surface area (Å²) in [6.07, 6.45) is 3.29. The lowest BCUT2D eigenvalue weighted by molar-refractivity contribution is 0.0843. The van der Waals surface area contributed by atoms with Crippen molar-refractivity contribution in [3.05, 3.63) is 94.0 Å². The first kappa shape index (κ1) is 19.1. The lowest BCUT2D eigenvalue weighted by Gasteiger charge is -2.10. The van der Waals surface area contributed by atoms with Crippen molar-refractivity contribution >= 4 is 23.4 Å². The molecule has 138 valence electrons. The fourth-order valence-corrected chi connectivity index (χ4v) is 2.67. The first-order valence-electron chi connectivity index (χ1n) is 8.29. The fraction of sp³-hybridized carbons (Fsp3) is 0.0476. The van der Waals surface area contributed by atoms with E-state index in [4.69, 9.17) is 11.6 Å². The van der Waals surface area contributed by atoms with E-state index in [1.165, 1.54) is 6.07 Å². The van der Waals surface area contributed by atoms with Gasteiger partial charge in [0.05, 0.1) is 10.6 Å². The molecule has 0 unspecified atom stereocenters. The minimum atomic E-state index is -0.567. The first-order valence-corrected chi connectivity index (χ1v) is 8.67. The molecule has 3 rings (SSSR count). The van der Waals surface area contributed by atoms with E-state index in [1.807, 2.05) is 6.07 Å². The first-order chi connectivity index (χ1) is 13.5. The zero-order valence-corrected chi connectivity index (χ0v) is 15.6. The zero-order valence-electron chi connectivity index (χ0n) is 14.9. The monoisotopic (exact) mass is 390 g/mol. The van der Waals surface area contributed by atoms with Gasteiger partial charge in [0.15, 0.2) is 0 Å². The summed E-state index contributed by atoms with van der Waals surface area (Å²) in [6, 6.07) is 13.6. The van der Waals surface area contributed by atoms with Crippen molar-refractivity contribution in [2.75, 3.05) is 0 Å². The summed E-state index contributed by atoms with van der Waals surface area (Å²) in [7, 11) is 0. The summed E-state index contributed by atoms with van der Waals surface area (Å²) >= 11 is 6.06. The Kier molecular flexibility index (Phi) is 6.00. The second-order valence-electron chi connectivity index (χ2n) is 5.74. The van der Waals surface area contributed by atoms with E-state index in [9.17, 15) is 9.59 Å². The molecule has 0 saturated carbocycles. The van der Waals surface area contributed by atoms with Gasteiger partial charge < -0.3 is 0 Å². The molecule has 0 aliphatic heterocycles. The van der Waals surface area contributed by atoms with Gasteiger partial charge in [0.2, 0.25) is 0 Å². The second kappa shape index (κ2) is 8.80. The van der Waals surface area contributed by atoms with E-state index in [0.29, 0.717) is 21.8 Å². The molecule has 0 bridgehead atoms. The maximum absolute atomic E-state index is 12.3. The van der Waals surface area contributed by atoms with Gasteiger partial charge in [-0.05, 0) is 48.7 Å². The van der Waals surface area contributed by atoms with Crippen LogP contribution < -0.4 is 10.9 Å². The standard InChI is InChI=1S/C21H15ClN4O2/c1-14-5-2-8-17(22)19(14)21(28)26-25-20(27)18-9-3-7-16(24-18)11-10-15-6-4-12-23-13-15/h2-9,12-13H,1H3,(H,25,27)(H,26,28). The molecule has 0 spiro atoms. The third-order valence-electron chi connectivity index (χ3n) is 3.72. The molecule has 0 fully saturated rings. The number of pyridine rings is 2. The molecular formula is C21H15ClN4O2. The molecule has 0 radical (unpaired) electrons. The summed E-state index contributed by atoms with van der Waals surface area (Å²) in [4.78, 5) is 32.8. The van der Waals surface area contributed by atoms with E-state index in [0.717, 1.165) is 5.56 Å². The molecule has 1 aromatic carbocycles. The van der Waals surface area contributed by atoms with Crippen LogP contribution in [0.3, 0.4) is 0 Å². The van der Waals surface area contributed by atoms with E-state index in [-0.39, 0.29) is 5.69 Å². The van der Waals surface area contributed by atoms with Gasteiger partial charge in [-0.2, -0.15) is 0 Å². The molecule has 0 saturated heterocycles. The van der Waals surface area contributed by atoms with Gasteiger partial charge in [0.25, 0.3) is 11.8 Å². The van der Waals surface area contributed by atoms with Crippen LogP contribution in [0.4, 0.5) is 0 Å². The van der Waals surface area contributed by atoms with E-state index < -0.39 is 11.8 Å². The highest BCUT2D eigenvalue weighted by atomic mass is 35.5.